The summed E-state index contributed by atoms with van der Waals surface area (Å²) in [5.41, 5.74) is 1.32. The quantitative estimate of drug-likeness (QED) is 0.657. The van der Waals surface area contributed by atoms with E-state index >= 15 is 0 Å². The van der Waals surface area contributed by atoms with E-state index in [9.17, 15) is 15.0 Å². The first-order chi connectivity index (χ1) is 13.1. The van der Waals surface area contributed by atoms with Crippen LogP contribution in [-0.4, -0.2) is 50.3 Å². The lowest BCUT2D eigenvalue weighted by Crippen LogP contribution is -2.44. The maximum Gasteiger partial charge on any atom is 0.407 e. The number of piperidine rings is 1. The van der Waals surface area contributed by atoms with Gasteiger partial charge in [-0.1, -0.05) is 24.3 Å². The fourth-order valence-corrected chi connectivity index (χ4v) is 3.43. The van der Waals surface area contributed by atoms with E-state index in [2.05, 4.69) is 15.3 Å². The minimum atomic E-state index is -0.899. The summed E-state index contributed by atoms with van der Waals surface area (Å²) in [5, 5.41) is 23.7. The minimum Gasteiger partial charge on any atom is -0.507 e. The fraction of sp³-hybridized carbons (Fsp3) is 0.250. The Morgan fingerprint density at radius 3 is 2.70 bits per heavy atom. The van der Waals surface area contributed by atoms with Crippen molar-refractivity contribution in [3.05, 3.63) is 48.5 Å². The number of anilines is 1. The number of nitrogens with one attached hydrogen (secondary N) is 1. The number of rotatable bonds is 3. The van der Waals surface area contributed by atoms with Gasteiger partial charge in [0.25, 0.3) is 0 Å². The molecule has 2 heterocycles. The van der Waals surface area contributed by atoms with Crippen LogP contribution in [0.5, 0.6) is 5.75 Å². The van der Waals surface area contributed by atoms with Gasteiger partial charge in [-0.25, -0.2) is 14.8 Å². The molecule has 1 fully saturated rings. The van der Waals surface area contributed by atoms with E-state index in [4.69, 9.17) is 0 Å². The van der Waals surface area contributed by atoms with Gasteiger partial charge in [0.1, 0.15) is 11.6 Å². The molecule has 7 heteroatoms. The van der Waals surface area contributed by atoms with Gasteiger partial charge >= 0.3 is 6.09 Å². The average molecular weight is 364 g/mol. The Morgan fingerprint density at radius 1 is 1.11 bits per heavy atom. The number of benzene rings is 2. The molecule has 1 aliphatic heterocycles. The summed E-state index contributed by atoms with van der Waals surface area (Å²) in [6.45, 7) is 0.973. The van der Waals surface area contributed by atoms with Crippen molar-refractivity contribution in [2.75, 3.05) is 18.4 Å². The molecule has 4 rings (SSSR count). The number of nitrogens with zero attached hydrogens (tertiary/aromatic N) is 3. The topological polar surface area (TPSA) is 98.6 Å². The monoisotopic (exact) mass is 364 g/mol. The van der Waals surface area contributed by atoms with Crippen LogP contribution in [0.3, 0.4) is 0 Å². The van der Waals surface area contributed by atoms with Crippen molar-refractivity contribution in [2.45, 2.75) is 18.9 Å². The number of para-hydroxylation sites is 2. The smallest absolute Gasteiger partial charge is 0.407 e. The van der Waals surface area contributed by atoms with Crippen molar-refractivity contribution in [3.8, 4) is 17.1 Å². The third-order valence-electron chi connectivity index (χ3n) is 4.78. The van der Waals surface area contributed by atoms with Crippen LogP contribution < -0.4 is 5.32 Å². The third-order valence-corrected chi connectivity index (χ3v) is 4.78. The van der Waals surface area contributed by atoms with E-state index in [-0.39, 0.29) is 11.8 Å². The Bertz CT molecular complexity index is 992. The lowest BCUT2D eigenvalue weighted by Gasteiger charge is -2.31. The van der Waals surface area contributed by atoms with Crippen LogP contribution >= 0.6 is 0 Å². The summed E-state index contributed by atoms with van der Waals surface area (Å²) in [6, 6.07) is 14.6. The van der Waals surface area contributed by atoms with Gasteiger partial charge in [0, 0.05) is 24.5 Å². The average Bonchev–Trinajstić information content (AvgIpc) is 2.68. The van der Waals surface area contributed by atoms with Gasteiger partial charge in [0.05, 0.1) is 11.1 Å². The maximum absolute atomic E-state index is 11.3. The summed E-state index contributed by atoms with van der Waals surface area (Å²) in [4.78, 5) is 21.9. The number of hydrogen-bond acceptors (Lipinski definition) is 5. The molecule has 0 spiro atoms. The highest BCUT2D eigenvalue weighted by atomic mass is 16.4. The first-order valence-electron chi connectivity index (χ1n) is 8.91. The van der Waals surface area contributed by atoms with Gasteiger partial charge in [0.2, 0.25) is 0 Å². The van der Waals surface area contributed by atoms with E-state index in [1.54, 1.807) is 18.2 Å². The van der Waals surface area contributed by atoms with Crippen LogP contribution in [0.2, 0.25) is 0 Å². The summed E-state index contributed by atoms with van der Waals surface area (Å²) in [6.07, 6.45) is 0.775. The Hall–Kier alpha value is -3.35. The molecule has 138 valence electrons. The number of phenolic OH excluding ortho intramolecular Hbond substituents is 1. The normalized spacial score (nSPS) is 17.0. The van der Waals surface area contributed by atoms with E-state index in [1.807, 2.05) is 30.3 Å². The number of phenols is 1. The lowest BCUT2D eigenvalue weighted by atomic mass is 10.1. The second-order valence-corrected chi connectivity index (χ2v) is 6.64. The van der Waals surface area contributed by atoms with Gasteiger partial charge in [-0.15, -0.1) is 0 Å². The van der Waals surface area contributed by atoms with Crippen LogP contribution in [0.4, 0.5) is 10.6 Å². The molecule has 27 heavy (non-hydrogen) atoms. The number of hydrogen-bond donors (Lipinski definition) is 3. The van der Waals surface area contributed by atoms with E-state index in [0.717, 1.165) is 23.7 Å². The number of fused-ring (bicyclic) bond motifs is 1. The molecule has 3 aromatic rings. The summed E-state index contributed by atoms with van der Waals surface area (Å²) in [5.74, 6) is 1.20. The molecule has 2 aromatic carbocycles. The molecule has 0 bridgehead atoms. The molecule has 1 atom stereocenters. The molecular weight excluding hydrogens is 344 g/mol. The van der Waals surface area contributed by atoms with Crippen molar-refractivity contribution in [1.29, 1.82) is 0 Å². The van der Waals surface area contributed by atoms with Gasteiger partial charge in [-0.3, -0.25) is 0 Å². The van der Waals surface area contributed by atoms with Crippen LogP contribution in [0.1, 0.15) is 12.8 Å². The molecular formula is C20H20N4O3. The van der Waals surface area contributed by atoms with Gasteiger partial charge in [0.15, 0.2) is 5.82 Å². The zero-order valence-corrected chi connectivity index (χ0v) is 14.7. The first kappa shape index (κ1) is 17.1. The van der Waals surface area contributed by atoms with E-state index in [1.165, 1.54) is 4.90 Å². The van der Waals surface area contributed by atoms with Crippen LogP contribution in [0, 0.1) is 0 Å². The van der Waals surface area contributed by atoms with Crippen LogP contribution in [0.15, 0.2) is 48.5 Å². The highest BCUT2D eigenvalue weighted by Gasteiger charge is 2.24. The number of carbonyl (C=O) groups is 1. The number of likely N-dealkylation sites (tertiary alicyclic amines) is 1. The van der Waals surface area contributed by atoms with E-state index in [0.29, 0.717) is 30.3 Å². The second kappa shape index (κ2) is 7.11. The van der Waals surface area contributed by atoms with Crippen molar-refractivity contribution in [2.24, 2.45) is 0 Å². The summed E-state index contributed by atoms with van der Waals surface area (Å²) in [7, 11) is 0. The van der Waals surface area contributed by atoms with Gasteiger partial charge in [-0.2, -0.15) is 0 Å². The van der Waals surface area contributed by atoms with Gasteiger partial charge < -0.3 is 20.4 Å². The second-order valence-electron chi connectivity index (χ2n) is 6.64. The Morgan fingerprint density at radius 2 is 1.89 bits per heavy atom. The van der Waals surface area contributed by atoms with Crippen molar-refractivity contribution < 1.29 is 15.0 Å². The fourth-order valence-electron chi connectivity index (χ4n) is 3.43. The highest BCUT2D eigenvalue weighted by Crippen LogP contribution is 2.30. The highest BCUT2D eigenvalue weighted by molar-refractivity contribution is 5.91. The number of aromatic hydroxyl groups is 1. The zero-order valence-electron chi connectivity index (χ0n) is 14.7. The molecule has 1 amide bonds. The maximum atomic E-state index is 11.3. The lowest BCUT2D eigenvalue weighted by molar-refractivity contribution is 0.133. The number of carboxylic acid groups (broad SMARTS) is 1. The van der Waals surface area contributed by atoms with Crippen molar-refractivity contribution >= 4 is 22.8 Å². The molecule has 7 nitrogen and oxygen atoms in total. The molecule has 0 aliphatic carbocycles. The minimum absolute atomic E-state index is 0.0228. The van der Waals surface area contributed by atoms with Crippen LogP contribution in [-0.2, 0) is 0 Å². The predicted octanol–water partition coefficient (Wildman–Crippen LogP) is 3.56. The molecule has 0 saturated carbocycles. The molecule has 3 N–H and O–H groups in total. The number of amides is 1. The SMILES string of the molecule is O=C(O)N1CCC[C@@H](Nc2nc(-c3ccccc3O)nc3ccccc23)C1. The van der Waals surface area contributed by atoms with E-state index < -0.39 is 6.09 Å². The number of aromatic nitrogens is 2. The predicted molar refractivity (Wildman–Crippen MR) is 103 cm³/mol. The largest absolute Gasteiger partial charge is 0.507 e. The zero-order chi connectivity index (χ0) is 18.8. The first-order valence-corrected chi connectivity index (χ1v) is 8.91. The standard InChI is InChI=1S/C20H20N4O3/c25-17-10-4-2-8-15(17)19-22-16-9-3-1-7-14(16)18(23-19)21-13-6-5-11-24(12-13)20(26)27/h1-4,7-10,13,25H,5-6,11-12H2,(H,26,27)(H,21,22,23)/t13-/m1/s1. The molecule has 1 aliphatic rings. The Kier molecular flexibility index (Phi) is 4.50. The molecule has 0 unspecified atom stereocenters. The third kappa shape index (κ3) is 3.48. The Labute approximate surface area is 156 Å². The summed E-state index contributed by atoms with van der Waals surface area (Å²) < 4.78 is 0. The van der Waals surface area contributed by atoms with Crippen molar-refractivity contribution in [3.63, 3.8) is 0 Å². The van der Waals surface area contributed by atoms with Crippen molar-refractivity contribution in [1.82, 2.24) is 14.9 Å². The summed E-state index contributed by atoms with van der Waals surface area (Å²) >= 11 is 0. The van der Waals surface area contributed by atoms with Crippen LogP contribution in [0.25, 0.3) is 22.3 Å². The molecule has 1 aromatic heterocycles. The van der Waals surface area contributed by atoms with Gasteiger partial charge in [-0.05, 0) is 37.1 Å². The molecule has 1 saturated heterocycles. The Balaban J connectivity index is 1.73. The molecule has 0 radical (unpaired) electrons.